The van der Waals surface area contributed by atoms with Gasteiger partial charge in [-0.15, -0.1) is 5.10 Å². The van der Waals surface area contributed by atoms with Crippen LogP contribution in [0.15, 0.2) is 0 Å². The van der Waals surface area contributed by atoms with Gasteiger partial charge in [0.15, 0.2) is 10.6 Å². The Morgan fingerprint density at radius 1 is 1.60 bits per heavy atom. The number of morpholine rings is 1. The Balaban J connectivity index is 2.02. The lowest BCUT2D eigenvalue weighted by Gasteiger charge is -2.23. The summed E-state index contributed by atoms with van der Waals surface area (Å²) in [4.78, 5) is 1.48. The van der Waals surface area contributed by atoms with E-state index in [1.807, 2.05) is 11.7 Å². The van der Waals surface area contributed by atoms with E-state index in [9.17, 15) is 0 Å². The molecule has 0 spiro atoms. The Kier molecular flexibility index (Phi) is 3.68. The van der Waals surface area contributed by atoms with Crippen LogP contribution in [0.4, 0.5) is 5.13 Å². The summed E-state index contributed by atoms with van der Waals surface area (Å²) in [6.45, 7) is 4.60. The van der Waals surface area contributed by atoms with Crippen LogP contribution in [0, 0.1) is 3.95 Å². The van der Waals surface area contributed by atoms with Gasteiger partial charge in [-0.25, -0.2) is 0 Å². The topological polar surface area (TPSA) is 43.5 Å². The van der Waals surface area contributed by atoms with Crippen molar-refractivity contribution in [2.45, 2.75) is 6.67 Å². The molecule has 1 fully saturated rings. The van der Waals surface area contributed by atoms with Crippen LogP contribution in [0.25, 0.3) is 0 Å². The van der Waals surface area contributed by atoms with Crippen molar-refractivity contribution >= 4 is 28.7 Å². The molecule has 1 aromatic rings. The van der Waals surface area contributed by atoms with Gasteiger partial charge in [-0.1, -0.05) is 11.3 Å². The molecule has 0 bridgehead atoms. The van der Waals surface area contributed by atoms with Crippen LogP contribution in [-0.2, 0) is 11.4 Å². The highest BCUT2D eigenvalue weighted by Gasteiger charge is 2.15. The van der Waals surface area contributed by atoms with Crippen LogP contribution in [-0.4, -0.2) is 43.1 Å². The van der Waals surface area contributed by atoms with Crippen molar-refractivity contribution in [1.82, 2.24) is 9.78 Å². The third kappa shape index (κ3) is 2.75. The van der Waals surface area contributed by atoms with Gasteiger partial charge in [-0.3, -0.25) is 0 Å². The average Bonchev–Trinajstić information content (AvgIpc) is 2.61. The normalized spacial score (nSPS) is 17.9. The molecule has 0 aliphatic carbocycles. The predicted molar refractivity (Wildman–Crippen MR) is 62.0 cm³/mol. The Bertz CT molecular complexity index is 369. The third-order valence-corrected chi connectivity index (χ3v) is 3.72. The fourth-order valence-corrected chi connectivity index (χ4v) is 2.50. The molecular weight excluding hydrogens is 232 g/mol. The van der Waals surface area contributed by atoms with E-state index >= 15 is 0 Å². The molecule has 1 saturated heterocycles. The molecule has 2 N–H and O–H groups in total. The van der Waals surface area contributed by atoms with Crippen molar-refractivity contribution in [3.63, 3.8) is 0 Å². The minimum Gasteiger partial charge on any atom is -0.370 e. The van der Waals surface area contributed by atoms with Gasteiger partial charge in [0.1, 0.15) is 13.1 Å². The van der Waals surface area contributed by atoms with Crippen molar-refractivity contribution in [1.29, 1.82) is 0 Å². The van der Waals surface area contributed by atoms with E-state index in [4.69, 9.17) is 17.0 Å². The average molecular weight is 247 g/mol. The minimum absolute atomic E-state index is 0.832. The lowest BCUT2D eigenvalue weighted by atomic mass is 10.4. The molecule has 1 aliphatic rings. The number of aromatic nitrogens is 2. The monoisotopic (exact) mass is 247 g/mol. The van der Waals surface area contributed by atoms with Gasteiger partial charge >= 0.3 is 0 Å². The molecule has 7 heteroatoms. The van der Waals surface area contributed by atoms with E-state index in [2.05, 4.69) is 10.4 Å². The number of rotatable bonds is 3. The van der Waals surface area contributed by atoms with E-state index in [0.717, 1.165) is 42.1 Å². The first kappa shape index (κ1) is 11.0. The van der Waals surface area contributed by atoms with Crippen LogP contribution in [0.1, 0.15) is 0 Å². The number of hydrogen-bond donors (Lipinski definition) is 2. The van der Waals surface area contributed by atoms with E-state index in [1.165, 1.54) is 16.2 Å². The largest absolute Gasteiger partial charge is 0.370 e. The Morgan fingerprint density at radius 3 is 2.93 bits per heavy atom. The maximum atomic E-state index is 5.31. The molecule has 0 aromatic carbocycles. The predicted octanol–water partition coefficient (Wildman–Crippen LogP) is -0.412. The van der Waals surface area contributed by atoms with Gasteiger partial charge in [0.25, 0.3) is 0 Å². The lowest BCUT2D eigenvalue weighted by Crippen LogP contribution is -3.13. The number of anilines is 1. The summed E-state index contributed by atoms with van der Waals surface area (Å²) in [6.07, 6.45) is 0. The highest BCUT2D eigenvalue weighted by Crippen LogP contribution is 2.11. The summed E-state index contributed by atoms with van der Waals surface area (Å²) in [7, 11) is 1.86. The van der Waals surface area contributed by atoms with Crippen molar-refractivity contribution in [3.8, 4) is 0 Å². The SMILES string of the molecule is CNc1nn(C[NH+]2CCOCC2)c(=S)s1. The number of nitrogens with one attached hydrogen (secondary N) is 2. The van der Waals surface area contributed by atoms with Crippen LogP contribution in [0.2, 0.25) is 0 Å². The standard InChI is InChI=1S/C8H14N4OS2/c1-9-7-10-12(8(14)15-7)6-11-2-4-13-5-3-11/h2-6H2,1H3,(H,9,10)/p+1. The van der Waals surface area contributed by atoms with Gasteiger partial charge < -0.3 is 15.0 Å². The molecule has 84 valence electrons. The van der Waals surface area contributed by atoms with Gasteiger partial charge in [0, 0.05) is 7.05 Å². The molecule has 15 heavy (non-hydrogen) atoms. The Hall–Kier alpha value is -0.500. The molecule has 0 unspecified atom stereocenters. The number of nitrogens with zero attached hydrogens (tertiary/aromatic N) is 2. The number of hydrogen-bond acceptors (Lipinski definition) is 5. The summed E-state index contributed by atoms with van der Waals surface area (Å²) in [5.74, 6) is 0. The quantitative estimate of drug-likeness (QED) is 0.713. The summed E-state index contributed by atoms with van der Waals surface area (Å²) in [5, 5.41) is 8.27. The maximum absolute atomic E-state index is 5.31. The zero-order valence-corrected chi connectivity index (χ0v) is 10.3. The second-order valence-electron chi connectivity index (χ2n) is 3.44. The van der Waals surface area contributed by atoms with E-state index in [-0.39, 0.29) is 0 Å². The number of quaternary nitrogens is 1. The fourth-order valence-electron chi connectivity index (χ4n) is 1.54. The van der Waals surface area contributed by atoms with Gasteiger partial charge in [-0.2, -0.15) is 4.68 Å². The Morgan fingerprint density at radius 2 is 2.33 bits per heavy atom. The second-order valence-corrected chi connectivity index (χ2v) is 5.07. The summed E-state index contributed by atoms with van der Waals surface area (Å²) < 4.78 is 8.03. The first-order valence-corrected chi connectivity index (χ1v) is 6.19. The summed E-state index contributed by atoms with van der Waals surface area (Å²) >= 11 is 6.76. The van der Waals surface area contributed by atoms with E-state index in [0.29, 0.717) is 0 Å². The van der Waals surface area contributed by atoms with Crippen LogP contribution in [0.3, 0.4) is 0 Å². The molecule has 2 rings (SSSR count). The van der Waals surface area contributed by atoms with Crippen LogP contribution in [0.5, 0.6) is 0 Å². The third-order valence-electron chi connectivity index (χ3n) is 2.39. The number of ether oxygens (including phenoxy) is 1. The first-order valence-electron chi connectivity index (χ1n) is 4.96. The van der Waals surface area contributed by atoms with Crippen molar-refractivity contribution in [2.75, 3.05) is 38.7 Å². The van der Waals surface area contributed by atoms with Crippen molar-refractivity contribution in [3.05, 3.63) is 3.95 Å². The van der Waals surface area contributed by atoms with Crippen molar-refractivity contribution in [2.24, 2.45) is 0 Å². The van der Waals surface area contributed by atoms with Crippen LogP contribution >= 0.6 is 23.6 Å². The highest BCUT2D eigenvalue weighted by atomic mass is 32.1. The molecule has 0 atom stereocenters. The smallest absolute Gasteiger partial charge is 0.204 e. The first-order chi connectivity index (χ1) is 7.29. The molecule has 0 saturated carbocycles. The van der Waals surface area contributed by atoms with Gasteiger partial charge in [0.05, 0.1) is 13.2 Å². The Labute approximate surface area is 97.7 Å². The van der Waals surface area contributed by atoms with Gasteiger partial charge in [0.2, 0.25) is 5.13 Å². The molecule has 2 heterocycles. The zero-order chi connectivity index (χ0) is 10.7. The maximum Gasteiger partial charge on any atom is 0.204 e. The van der Waals surface area contributed by atoms with Crippen molar-refractivity contribution < 1.29 is 9.64 Å². The summed E-state index contributed by atoms with van der Waals surface area (Å²) in [5.41, 5.74) is 0. The molecular formula is C8H15N4OS2+. The zero-order valence-electron chi connectivity index (χ0n) is 8.65. The second kappa shape index (κ2) is 5.02. The molecule has 1 aliphatic heterocycles. The molecule has 0 radical (unpaired) electrons. The van der Waals surface area contributed by atoms with E-state index < -0.39 is 0 Å². The van der Waals surface area contributed by atoms with Crippen LogP contribution < -0.4 is 10.2 Å². The minimum atomic E-state index is 0.832. The van der Waals surface area contributed by atoms with E-state index in [1.54, 1.807) is 0 Å². The molecule has 5 nitrogen and oxygen atoms in total. The molecule has 1 aromatic heterocycles. The summed E-state index contributed by atoms with van der Waals surface area (Å²) in [6, 6.07) is 0. The van der Waals surface area contributed by atoms with Gasteiger partial charge in [-0.05, 0) is 12.2 Å². The fraction of sp³-hybridized carbons (Fsp3) is 0.750. The highest BCUT2D eigenvalue weighted by molar-refractivity contribution is 7.73. The molecule has 0 amide bonds. The lowest BCUT2D eigenvalue weighted by molar-refractivity contribution is -0.930.